The van der Waals surface area contributed by atoms with Gasteiger partial charge in [0.15, 0.2) is 6.10 Å². The summed E-state index contributed by atoms with van der Waals surface area (Å²) < 4.78 is 6.88. The lowest BCUT2D eigenvalue weighted by atomic mass is 9.91. The molecule has 0 bridgehead atoms. The van der Waals surface area contributed by atoms with Crippen molar-refractivity contribution in [2.45, 2.75) is 21.8 Å². The second-order valence-electron chi connectivity index (χ2n) is 4.46. The quantitative estimate of drug-likeness (QED) is 0.234. The van der Waals surface area contributed by atoms with Crippen LogP contribution < -0.4 is 0 Å². The summed E-state index contributed by atoms with van der Waals surface area (Å²) in [4.78, 5) is 46.3. The van der Waals surface area contributed by atoms with Crippen LogP contribution in [0.3, 0.4) is 0 Å². The molecule has 0 saturated carbocycles. The predicted octanol–water partition coefficient (Wildman–Crippen LogP) is 0.374. The number of rotatable bonds is 4. The largest absolute Gasteiger partial charge is 0.462 e. The van der Waals surface area contributed by atoms with Crippen LogP contribution in [0.25, 0.3) is 0 Å². The van der Waals surface area contributed by atoms with Crippen molar-refractivity contribution in [1.29, 1.82) is 0 Å². The number of carbonyl (C=O) groups is 4. The van der Waals surface area contributed by atoms with Crippen molar-refractivity contribution >= 4 is 70.2 Å². The maximum Gasteiger partial charge on any atom is 0.397 e. The van der Waals surface area contributed by atoms with Crippen molar-refractivity contribution < 1.29 is 33.8 Å². The lowest BCUT2D eigenvalue weighted by molar-refractivity contribution is -0.173. The third kappa shape index (κ3) is 5.09. The topological polar surface area (TPSA) is 110 Å². The van der Waals surface area contributed by atoms with E-state index in [4.69, 9.17) is 46.4 Å². The van der Waals surface area contributed by atoms with E-state index in [0.717, 1.165) is 7.11 Å². The SMILES string of the molecule is COC(=O)C(=O)N1C(=O)C(CC(O)C(=O)OCC(Cl)(Cl)Cl)C1Cl. The molecule has 1 aliphatic heterocycles. The third-order valence-corrected chi connectivity index (χ3v) is 3.67. The molecule has 0 aromatic carbocycles. The van der Waals surface area contributed by atoms with Gasteiger partial charge in [0.2, 0.25) is 9.70 Å². The average molecular weight is 411 g/mol. The molecular formula is C11H11Cl4NO7. The van der Waals surface area contributed by atoms with Crippen molar-refractivity contribution in [2.24, 2.45) is 5.92 Å². The zero-order valence-corrected chi connectivity index (χ0v) is 14.5. The first-order valence-corrected chi connectivity index (χ1v) is 7.57. The Morgan fingerprint density at radius 1 is 1.35 bits per heavy atom. The molecule has 0 aliphatic carbocycles. The number of esters is 2. The zero-order chi connectivity index (χ0) is 17.9. The highest BCUT2D eigenvalue weighted by Crippen LogP contribution is 2.34. The van der Waals surface area contributed by atoms with Gasteiger partial charge < -0.3 is 14.6 Å². The third-order valence-electron chi connectivity index (χ3n) is 2.84. The smallest absolute Gasteiger partial charge is 0.397 e. The van der Waals surface area contributed by atoms with Gasteiger partial charge in [-0.1, -0.05) is 46.4 Å². The van der Waals surface area contributed by atoms with E-state index >= 15 is 0 Å². The number of alkyl halides is 4. The number of carbonyl (C=O) groups excluding carboxylic acids is 4. The molecule has 0 aromatic heterocycles. The molecule has 2 amide bonds. The number of likely N-dealkylation sites (tertiary alicyclic amines) is 1. The Kier molecular flexibility index (Phi) is 6.91. The number of imide groups is 1. The Morgan fingerprint density at radius 3 is 2.35 bits per heavy atom. The van der Waals surface area contributed by atoms with E-state index in [0.29, 0.717) is 4.90 Å². The number of amides is 2. The van der Waals surface area contributed by atoms with Crippen LogP contribution in [0.4, 0.5) is 0 Å². The number of β-lactam (4-membered cyclic amide) rings is 1. The maximum absolute atomic E-state index is 11.8. The highest BCUT2D eigenvalue weighted by atomic mass is 35.6. The Bertz CT molecular complexity index is 521. The van der Waals surface area contributed by atoms with Gasteiger partial charge in [0.05, 0.1) is 13.0 Å². The average Bonchev–Trinajstić information content (AvgIpc) is 2.48. The number of hydrogen-bond donors (Lipinski definition) is 1. The van der Waals surface area contributed by atoms with Gasteiger partial charge >= 0.3 is 17.8 Å². The summed E-state index contributed by atoms with van der Waals surface area (Å²) >= 11 is 22.0. The van der Waals surface area contributed by atoms with Gasteiger partial charge in [0.1, 0.15) is 12.1 Å². The standard InChI is InChI=1S/C11H11Cl4NO7/c1-22-10(21)8(19)16-6(12)4(7(16)18)2-5(17)9(20)23-3-11(13,14)15/h4-6,17H,2-3H2,1H3. The van der Waals surface area contributed by atoms with Crippen LogP contribution in [0.15, 0.2) is 0 Å². The molecule has 1 heterocycles. The first kappa shape index (κ1) is 20.2. The Labute approximate surface area is 150 Å². The molecule has 1 N–H and O–H groups in total. The summed E-state index contributed by atoms with van der Waals surface area (Å²) in [6.45, 7) is -0.594. The summed E-state index contributed by atoms with van der Waals surface area (Å²) in [5.41, 5.74) is -1.20. The first-order chi connectivity index (χ1) is 10.5. The van der Waals surface area contributed by atoms with Crippen LogP contribution in [0.1, 0.15) is 6.42 Å². The minimum absolute atomic E-state index is 0.420. The molecule has 0 spiro atoms. The fourth-order valence-electron chi connectivity index (χ4n) is 1.71. The lowest BCUT2D eigenvalue weighted by Gasteiger charge is -2.41. The molecule has 1 aliphatic rings. The van der Waals surface area contributed by atoms with E-state index in [9.17, 15) is 24.3 Å². The van der Waals surface area contributed by atoms with Crippen LogP contribution in [-0.4, -0.2) is 62.9 Å². The molecule has 12 heteroatoms. The van der Waals surface area contributed by atoms with Gasteiger partial charge in [0.25, 0.3) is 0 Å². The first-order valence-electron chi connectivity index (χ1n) is 6.00. The lowest BCUT2D eigenvalue weighted by Crippen LogP contribution is -2.63. The molecular weight excluding hydrogens is 400 g/mol. The molecule has 1 rings (SSSR count). The molecule has 130 valence electrons. The highest BCUT2D eigenvalue weighted by Gasteiger charge is 2.52. The second kappa shape index (κ2) is 7.85. The van der Waals surface area contributed by atoms with E-state index in [1.54, 1.807) is 0 Å². The summed E-state index contributed by atoms with van der Waals surface area (Å²) in [6.07, 6.45) is -2.13. The van der Waals surface area contributed by atoms with Crippen LogP contribution >= 0.6 is 46.4 Å². The van der Waals surface area contributed by atoms with Gasteiger partial charge in [-0.05, 0) is 6.42 Å². The molecule has 0 aromatic rings. The van der Waals surface area contributed by atoms with Crippen molar-refractivity contribution in [3.63, 3.8) is 0 Å². The summed E-state index contributed by atoms with van der Waals surface area (Å²) in [5.74, 6) is -5.49. The van der Waals surface area contributed by atoms with Crippen molar-refractivity contribution in [3.05, 3.63) is 0 Å². The van der Waals surface area contributed by atoms with E-state index in [-0.39, 0.29) is 0 Å². The van der Waals surface area contributed by atoms with Crippen molar-refractivity contribution in [2.75, 3.05) is 13.7 Å². The van der Waals surface area contributed by atoms with Crippen LogP contribution in [-0.2, 0) is 28.7 Å². The number of hydrogen-bond acceptors (Lipinski definition) is 7. The highest BCUT2D eigenvalue weighted by molar-refractivity contribution is 6.67. The predicted molar refractivity (Wildman–Crippen MR) is 78.9 cm³/mol. The van der Waals surface area contributed by atoms with E-state index in [2.05, 4.69) is 9.47 Å². The molecule has 0 radical (unpaired) electrons. The fourth-order valence-corrected chi connectivity index (χ4v) is 2.27. The number of halogens is 4. The molecule has 3 unspecified atom stereocenters. The van der Waals surface area contributed by atoms with Gasteiger partial charge in [-0.3, -0.25) is 14.5 Å². The molecule has 3 atom stereocenters. The van der Waals surface area contributed by atoms with Gasteiger partial charge in [0, 0.05) is 0 Å². The monoisotopic (exact) mass is 409 g/mol. The van der Waals surface area contributed by atoms with Gasteiger partial charge in [-0.25, -0.2) is 9.59 Å². The van der Waals surface area contributed by atoms with Crippen molar-refractivity contribution in [3.8, 4) is 0 Å². The van der Waals surface area contributed by atoms with Crippen molar-refractivity contribution in [1.82, 2.24) is 4.90 Å². The Morgan fingerprint density at radius 2 is 1.91 bits per heavy atom. The number of aliphatic hydroxyl groups is 1. The van der Waals surface area contributed by atoms with E-state index in [1.807, 2.05) is 0 Å². The Hall–Kier alpha value is -0.800. The number of methoxy groups -OCH3 is 1. The summed E-state index contributed by atoms with van der Waals surface area (Å²) in [6, 6.07) is 0. The molecule has 1 saturated heterocycles. The summed E-state index contributed by atoms with van der Waals surface area (Å²) in [7, 11) is 0.968. The second-order valence-corrected chi connectivity index (χ2v) is 7.42. The van der Waals surface area contributed by atoms with E-state index in [1.165, 1.54) is 0 Å². The normalized spacial score (nSPS) is 22.2. The molecule has 1 fully saturated rings. The van der Waals surface area contributed by atoms with E-state index < -0.39 is 58.1 Å². The Balaban J connectivity index is 2.56. The maximum atomic E-state index is 11.8. The summed E-state index contributed by atoms with van der Waals surface area (Å²) in [5, 5.41) is 9.66. The molecule has 8 nitrogen and oxygen atoms in total. The minimum Gasteiger partial charge on any atom is -0.462 e. The van der Waals surface area contributed by atoms with Crippen LogP contribution in [0.5, 0.6) is 0 Å². The van der Waals surface area contributed by atoms with Crippen LogP contribution in [0.2, 0.25) is 0 Å². The fraction of sp³-hybridized carbons (Fsp3) is 0.636. The van der Waals surface area contributed by atoms with Crippen LogP contribution in [0, 0.1) is 5.92 Å². The minimum atomic E-state index is -1.85. The van der Waals surface area contributed by atoms with Gasteiger partial charge in [-0.15, -0.1) is 0 Å². The molecule has 23 heavy (non-hydrogen) atoms. The van der Waals surface area contributed by atoms with Gasteiger partial charge in [-0.2, -0.15) is 0 Å². The number of aliphatic hydroxyl groups excluding tert-OH is 1. The number of ether oxygens (including phenoxy) is 2. The zero-order valence-electron chi connectivity index (χ0n) is 11.5. The number of nitrogens with zero attached hydrogens (tertiary/aromatic N) is 1.